The van der Waals surface area contributed by atoms with E-state index in [1.807, 2.05) is 42.5 Å². The van der Waals surface area contributed by atoms with Crippen LogP contribution in [0.25, 0.3) is 78.1 Å². The van der Waals surface area contributed by atoms with Crippen molar-refractivity contribution in [2.45, 2.75) is 19.3 Å². The first-order valence-corrected chi connectivity index (χ1v) is 15.7. The highest BCUT2D eigenvalue weighted by molar-refractivity contribution is 6.09. The van der Waals surface area contributed by atoms with Crippen molar-refractivity contribution in [1.29, 1.82) is 0 Å². The average Bonchev–Trinajstić information content (AvgIpc) is 3.60. The summed E-state index contributed by atoms with van der Waals surface area (Å²) in [6.45, 7) is 4.63. The first kappa shape index (κ1) is 26.6. The monoisotopic (exact) mass is 590 g/mol. The normalized spacial score (nSPS) is 13.2. The minimum atomic E-state index is -0.166. The van der Waals surface area contributed by atoms with Gasteiger partial charge in [0.2, 0.25) is 0 Å². The van der Waals surface area contributed by atoms with Crippen molar-refractivity contribution in [3.8, 4) is 56.2 Å². The van der Waals surface area contributed by atoms with Gasteiger partial charge in [-0.3, -0.25) is 0 Å². The van der Waals surface area contributed by atoms with Gasteiger partial charge in [-0.1, -0.05) is 135 Å². The highest BCUT2D eigenvalue weighted by atomic mass is 16.3. The van der Waals surface area contributed by atoms with E-state index in [0.717, 1.165) is 45.1 Å². The van der Waals surface area contributed by atoms with Gasteiger partial charge in [0.05, 0.1) is 11.4 Å². The zero-order chi connectivity index (χ0) is 30.8. The summed E-state index contributed by atoms with van der Waals surface area (Å²) >= 11 is 0. The Balaban J connectivity index is 1.12. The molecular formula is C43H30N2O. The summed E-state index contributed by atoms with van der Waals surface area (Å²) in [7, 11) is 0. The minimum absolute atomic E-state index is 0.166. The molecule has 46 heavy (non-hydrogen) atoms. The summed E-state index contributed by atoms with van der Waals surface area (Å²) in [5, 5.41) is 2.35. The Hall–Kier alpha value is -5.80. The maximum atomic E-state index is 6.50. The molecule has 0 radical (unpaired) electrons. The Morgan fingerprint density at radius 2 is 1.09 bits per heavy atom. The number of aromatic nitrogens is 2. The third-order valence-corrected chi connectivity index (χ3v) is 9.50. The van der Waals surface area contributed by atoms with Gasteiger partial charge >= 0.3 is 0 Å². The zero-order valence-corrected chi connectivity index (χ0v) is 25.7. The molecule has 218 valence electrons. The molecule has 0 amide bonds. The molecule has 1 aliphatic rings. The van der Waals surface area contributed by atoms with Gasteiger partial charge < -0.3 is 4.42 Å². The third kappa shape index (κ3) is 4.13. The fraction of sp³-hybridized carbons (Fsp3) is 0.0698. The largest absolute Gasteiger partial charge is 0.456 e. The van der Waals surface area contributed by atoms with E-state index in [-0.39, 0.29) is 5.41 Å². The van der Waals surface area contributed by atoms with Crippen LogP contribution in [-0.4, -0.2) is 9.97 Å². The van der Waals surface area contributed by atoms with Gasteiger partial charge in [0.15, 0.2) is 5.82 Å². The van der Waals surface area contributed by atoms with Gasteiger partial charge in [-0.15, -0.1) is 0 Å². The number of furan rings is 1. The maximum absolute atomic E-state index is 6.50. The van der Waals surface area contributed by atoms with Crippen LogP contribution in [0.2, 0.25) is 0 Å². The number of benzene rings is 6. The van der Waals surface area contributed by atoms with E-state index in [1.54, 1.807) is 0 Å². The Morgan fingerprint density at radius 3 is 1.83 bits per heavy atom. The highest BCUT2D eigenvalue weighted by Gasteiger charge is 2.38. The van der Waals surface area contributed by atoms with Crippen molar-refractivity contribution in [3.05, 3.63) is 157 Å². The first-order chi connectivity index (χ1) is 22.5. The standard InChI is InChI=1S/C43H30N2O/c1-43(2)36-24-21-31(25-35(36)33-22-23-34-32-15-9-10-16-39(32)46-41(34)40(33)43)27-17-19-29(20-18-27)38-26-37(28-11-5-3-6-12-28)44-42(45-38)30-13-7-4-8-14-30/h3-26H,1-2H3. The molecule has 3 heteroatoms. The van der Waals surface area contributed by atoms with Crippen LogP contribution in [0.1, 0.15) is 25.0 Å². The van der Waals surface area contributed by atoms with E-state index in [1.165, 1.54) is 44.2 Å². The molecule has 0 saturated carbocycles. The van der Waals surface area contributed by atoms with E-state index in [0.29, 0.717) is 0 Å². The molecular weight excluding hydrogens is 560 g/mol. The maximum Gasteiger partial charge on any atom is 0.160 e. The molecule has 2 aromatic heterocycles. The van der Waals surface area contributed by atoms with E-state index < -0.39 is 0 Å². The lowest BCUT2D eigenvalue weighted by Crippen LogP contribution is -2.15. The van der Waals surface area contributed by atoms with Crippen LogP contribution >= 0.6 is 0 Å². The van der Waals surface area contributed by atoms with Crippen molar-refractivity contribution >= 4 is 21.9 Å². The molecule has 8 aromatic rings. The number of para-hydroxylation sites is 1. The number of nitrogens with zero attached hydrogens (tertiary/aromatic N) is 2. The predicted molar refractivity (Wildman–Crippen MR) is 189 cm³/mol. The Kier molecular flexibility index (Phi) is 5.85. The second-order valence-corrected chi connectivity index (χ2v) is 12.6. The summed E-state index contributed by atoms with van der Waals surface area (Å²) in [5.41, 5.74) is 14.2. The quantitative estimate of drug-likeness (QED) is 0.205. The Morgan fingerprint density at radius 1 is 0.478 bits per heavy atom. The van der Waals surface area contributed by atoms with Crippen molar-refractivity contribution in [3.63, 3.8) is 0 Å². The van der Waals surface area contributed by atoms with Gasteiger partial charge in [0.1, 0.15) is 11.2 Å². The van der Waals surface area contributed by atoms with Crippen LogP contribution in [0.3, 0.4) is 0 Å². The number of hydrogen-bond acceptors (Lipinski definition) is 3. The van der Waals surface area contributed by atoms with Gasteiger partial charge in [0.25, 0.3) is 0 Å². The van der Waals surface area contributed by atoms with E-state index in [4.69, 9.17) is 14.4 Å². The summed E-state index contributed by atoms with van der Waals surface area (Å²) in [4.78, 5) is 9.95. The third-order valence-electron chi connectivity index (χ3n) is 9.50. The number of fused-ring (bicyclic) bond motifs is 7. The predicted octanol–water partition coefficient (Wildman–Crippen LogP) is 11.4. The van der Waals surface area contributed by atoms with Gasteiger partial charge in [-0.05, 0) is 52.1 Å². The molecule has 9 rings (SSSR count). The zero-order valence-electron chi connectivity index (χ0n) is 25.7. The van der Waals surface area contributed by atoms with Crippen LogP contribution in [0.4, 0.5) is 0 Å². The van der Waals surface area contributed by atoms with Gasteiger partial charge in [-0.25, -0.2) is 9.97 Å². The first-order valence-electron chi connectivity index (χ1n) is 15.7. The molecule has 0 N–H and O–H groups in total. The van der Waals surface area contributed by atoms with E-state index in [2.05, 4.69) is 117 Å². The topological polar surface area (TPSA) is 38.9 Å². The molecule has 2 heterocycles. The molecule has 1 aliphatic carbocycles. The smallest absolute Gasteiger partial charge is 0.160 e. The fourth-order valence-electron chi connectivity index (χ4n) is 7.16. The molecule has 0 spiro atoms. The summed E-state index contributed by atoms with van der Waals surface area (Å²) in [5.74, 6) is 0.722. The van der Waals surface area contributed by atoms with E-state index >= 15 is 0 Å². The van der Waals surface area contributed by atoms with Crippen LogP contribution in [0, 0.1) is 0 Å². The van der Waals surface area contributed by atoms with Crippen molar-refractivity contribution in [2.24, 2.45) is 0 Å². The van der Waals surface area contributed by atoms with Crippen molar-refractivity contribution in [2.75, 3.05) is 0 Å². The summed E-state index contributed by atoms with van der Waals surface area (Å²) < 4.78 is 6.50. The Labute approximate surface area is 267 Å². The summed E-state index contributed by atoms with van der Waals surface area (Å²) in [6.07, 6.45) is 0. The molecule has 0 fully saturated rings. The molecule has 0 aliphatic heterocycles. The second-order valence-electron chi connectivity index (χ2n) is 12.6. The lowest BCUT2D eigenvalue weighted by atomic mass is 9.81. The molecule has 0 saturated heterocycles. The van der Waals surface area contributed by atoms with Gasteiger partial charge in [0, 0.05) is 38.4 Å². The van der Waals surface area contributed by atoms with Crippen LogP contribution in [0.5, 0.6) is 0 Å². The van der Waals surface area contributed by atoms with E-state index in [9.17, 15) is 0 Å². The molecule has 0 atom stereocenters. The van der Waals surface area contributed by atoms with Crippen LogP contribution in [0.15, 0.2) is 150 Å². The van der Waals surface area contributed by atoms with Crippen molar-refractivity contribution in [1.82, 2.24) is 9.97 Å². The molecule has 0 bridgehead atoms. The SMILES string of the molecule is CC1(C)c2ccc(-c3ccc(-c4cc(-c5ccccc5)nc(-c5ccccc5)n4)cc3)cc2-c2ccc3c(oc4ccccc43)c21. The minimum Gasteiger partial charge on any atom is -0.456 e. The fourth-order valence-corrected chi connectivity index (χ4v) is 7.16. The highest BCUT2D eigenvalue weighted by Crippen LogP contribution is 2.53. The number of hydrogen-bond donors (Lipinski definition) is 0. The van der Waals surface area contributed by atoms with Crippen LogP contribution < -0.4 is 0 Å². The van der Waals surface area contributed by atoms with Crippen molar-refractivity contribution < 1.29 is 4.42 Å². The number of rotatable bonds is 4. The van der Waals surface area contributed by atoms with Gasteiger partial charge in [-0.2, -0.15) is 0 Å². The second kappa shape index (κ2) is 10.1. The van der Waals surface area contributed by atoms with Crippen LogP contribution in [-0.2, 0) is 5.41 Å². The molecule has 0 unspecified atom stereocenters. The lowest BCUT2D eigenvalue weighted by molar-refractivity contribution is 0.620. The molecule has 3 nitrogen and oxygen atoms in total. The average molecular weight is 591 g/mol. The Bertz CT molecular complexity index is 2360. The lowest BCUT2D eigenvalue weighted by Gasteiger charge is -2.21. The molecule has 6 aromatic carbocycles. The summed E-state index contributed by atoms with van der Waals surface area (Å²) in [6, 6.07) is 51.1.